The number of pyridine rings is 3. The average Bonchev–Trinajstić information content (AvgIpc) is 3.62. The van der Waals surface area contributed by atoms with Gasteiger partial charge >= 0.3 is 0 Å². The smallest absolute Gasteiger partial charge is 0.181 e. The Labute approximate surface area is 229 Å². The molecule has 3 N–H and O–H groups in total. The highest BCUT2D eigenvalue weighted by atomic mass is 19.1. The van der Waals surface area contributed by atoms with Crippen LogP contribution >= 0.6 is 0 Å². The molecule has 0 aliphatic rings. The van der Waals surface area contributed by atoms with Crippen LogP contribution in [-0.4, -0.2) is 30.1 Å². The van der Waals surface area contributed by atoms with Gasteiger partial charge in [-0.25, -0.2) is 9.37 Å². The van der Waals surface area contributed by atoms with Gasteiger partial charge in [0, 0.05) is 65.3 Å². The van der Waals surface area contributed by atoms with E-state index >= 15 is 0 Å². The van der Waals surface area contributed by atoms with E-state index in [1.165, 1.54) is 17.7 Å². The van der Waals surface area contributed by atoms with Crippen LogP contribution in [0.1, 0.15) is 11.1 Å². The van der Waals surface area contributed by atoms with E-state index in [-0.39, 0.29) is 5.82 Å². The molecule has 7 aromatic rings. The van der Waals surface area contributed by atoms with Gasteiger partial charge in [-0.15, -0.1) is 0 Å². The molecule has 0 fully saturated rings. The predicted octanol–water partition coefficient (Wildman–Crippen LogP) is 6.66. The maximum absolute atomic E-state index is 13.9. The molecule has 0 spiro atoms. The minimum atomic E-state index is -0.283. The Bertz CT molecular complexity index is 1960. The number of nitrogens with one attached hydrogen (secondary N) is 3. The molecule has 5 heterocycles. The van der Waals surface area contributed by atoms with Gasteiger partial charge in [0.05, 0.1) is 23.1 Å². The van der Waals surface area contributed by atoms with Gasteiger partial charge in [-0.05, 0) is 47.0 Å². The summed E-state index contributed by atoms with van der Waals surface area (Å²) in [7, 11) is 0. The van der Waals surface area contributed by atoms with Crippen molar-refractivity contribution in [3.8, 4) is 33.6 Å². The molecule has 7 nitrogen and oxygen atoms in total. The van der Waals surface area contributed by atoms with Crippen molar-refractivity contribution >= 4 is 21.9 Å². The summed E-state index contributed by atoms with van der Waals surface area (Å²) in [5, 5.41) is 12.9. The minimum absolute atomic E-state index is 0.283. The molecule has 5 aromatic heterocycles. The number of halogens is 1. The van der Waals surface area contributed by atoms with Gasteiger partial charge in [0.15, 0.2) is 5.65 Å². The largest absolute Gasteiger partial charge is 0.352 e. The number of aromatic amines is 2. The third kappa shape index (κ3) is 4.61. The van der Waals surface area contributed by atoms with Gasteiger partial charge in [0.2, 0.25) is 0 Å². The molecule has 0 unspecified atom stereocenters. The Hall–Kier alpha value is -5.21. The fraction of sp³-hybridized carbons (Fsp3) is 0.0625. The molecular weight excluding hydrogens is 501 g/mol. The summed E-state index contributed by atoms with van der Waals surface area (Å²) in [5.74, 6) is -0.283. The van der Waals surface area contributed by atoms with Crippen LogP contribution in [0.25, 0.3) is 55.6 Å². The molecule has 0 saturated carbocycles. The number of aromatic nitrogens is 6. The molecule has 0 amide bonds. The third-order valence-electron chi connectivity index (χ3n) is 6.99. The summed E-state index contributed by atoms with van der Waals surface area (Å²) in [5.41, 5.74) is 9.02. The molecule has 2 aromatic carbocycles. The average molecular weight is 526 g/mol. The monoisotopic (exact) mass is 525 g/mol. The van der Waals surface area contributed by atoms with Crippen molar-refractivity contribution in [1.82, 2.24) is 35.5 Å². The van der Waals surface area contributed by atoms with Gasteiger partial charge in [-0.2, -0.15) is 5.10 Å². The lowest BCUT2D eigenvalue weighted by Crippen LogP contribution is -2.12. The zero-order valence-electron chi connectivity index (χ0n) is 21.4. The highest BCUT2D eigenvalue weighted by molar-refractivity contribution is 6.00. The molecule has 0 aliphatic heterocycles. The number of fused-ring (bicyclic) bond motifs is 2. The number of hydrogen-bond acceptors (Lipinski definition) is 5. The van der Waals surface area contributed by atoms with Crippen molar-refractivity contribution < 1.29 is 4.39 Å². The zero-order chi connectivity index (χ0) is 26.9. The van der Waals surface area contributed by atoms with E-state index in [1.807, 2.05) is 48.9 Å². The van der Waals surface area contributed by atoms with Crippen LogP contribution in [-0.2, 0) is 13.1 Å². The lowest BCUT2D eigenvalue weighted by molar-refractivity contribution is 0.628. The SMILES string of the molecule is Fc1cccc(-c2cncc3[nH]c(-c4[nH]nc5ncc(-c6cncc(CNCc7ccccc7)c6)cc45)cc23)c1. The minimum Gasteiger partial charge on any atom is -0.352 e. The highest BCUT2D eigenvalue weighted by Crippen LogP contribution is 2.34. The van der Waals surface area contributed by atoms with Crippen LogP contribution in [0.2, 0.25) is 0 Å². The van der Waals surface area contributed by atoms with E-state index in [1.54, 1.807) is 18.5 Å². The van der Waals surface area contributed by atoms with Crippen LogP contribution in [0.3, 0.4) is 0 Å². The standard InChI is InChI=1S/C32H24FN7/c33-25-8-4-7-22(10-25)28-18-36-19-30-26(28)12-29(38-30)31-27-11-24(17-37-32(27)40-39-31)23-9-21(15-35-16-23)14-34-13-20-5-2-1-3-6-20/h1-12,15-19,34,38H,13-14H2,(H,37,39,40). The maximum Gasteiger partial charge on any atom is 0.181 e. The Balaban J connectivity index is 1.20. The molecule has 0 bridgehead atoms. The summed E-state index contributed by atoms with van der Waals surface area (Å²) < 4.78 is 13.9. The second-order valence-corrected chi connectivity index (χ2v) is 9.71. The molecule has 40 heavy (non-hydrogen) atoms. The van der Waals surface area contributed by atoms with Crippen molar-refractivity contribution in [3.05, 3.63) is 121 Å². The van der Waals surface area contributed by atoms with E-state index in [2.05, 4.69) is 59.7 Å². The first-order chi connectivity index (χ1) is 19.7. The molecule has 0 radical (unpaired) electrons. The first-order valence-corrected chi connectivity index (χ1v) is 13.0. The normalized spacial score (nSPS) is 11.4. The van der Waals surface area contributed by atoms with Gasteiger partial charge in [0.25, 0.3) is 0 Å². The van der Waals surface area contributed by atoms with Gasteiger partial charge < -0.3 is 10.3 Å². The fourth-order valence-corrected chi connectivity index (χ4v) is 5.02. The third-order valence-corrected chi connectivity index (χ3v) is 6.99. The van der Waals surface area contributed by atoms with E-state index in [9.17, 15) is 4.39 Å². The maximum atomic E-state index is 13.9. The zero-order valence-corrected chi connectivity index (χ0v) is 21.4. The molecule has 7 rings (SSSR count). The summed E-state index contributed by atoms with van der Waals surface area (Å²) in [6.07, 6.45) is 9.08. The second kappa shape index (κ2) is 10.2. The van der Waals surface area contributed by atoms with E-state index in [0.717, 1.165) is 62.0 Å². The van der Waals surface area contributed by atoms with E-state index in [0.29, 0.717) is 12.2 Å². The number of nitrogens with zero attached hydrogens (tertiary/aromatic N) is 4. The van der Waals surface area contributed by atoms with Crippen LogP contribution in [0.4, 0.5) is 4.39 Å². The quantitative estimate of drug-likeness (QED) is 0.216. The van der Waals surface area contributed by atoms with Crippen LogP contribution in [0.5, 0.6) is 0 Å². The Morgan fingerprint density at radius 1 is 0.700 bits per heavy atom. The Kier molecular flexibility index (Phi) is 6.07. The van der Waals surface area contributed by atoms with Crippen LogP contribution < -0.4 is 5.32 Å². The molecule has 0 aliphatic carbocycles. The van der Waals surface area contributed by atoms with Crippen LogP contribution in [0.15, 0.2) is 104 Å². The first kappa shape index (κ1) is 23.9. The molecule has 8 heteroatoms. The number of rotatable bonds is 7. The highest BCUT2D eigenvalue weighted by Gasteiger charge is 2.15. The summed E-state index contributed by atoms with van der Waals surface area (Å²) >= 11 is 0. The second-order valence-electron chi connectivity index (χ2n) is 9.71. The van der Waals surface area contributed by atoms with Crippen LogP contribution in [0, 0.1) is 5.82 Å². The number of H-pyrrole nitrogens is 2. The predicted molar refractivity (Wildman–Crippen MR) is 155 cm³/mol. The lowest BCUT2D eigenvalue weighted by atomic mass is 10.0. The molecular formula is C32H24FN7. The Morgan fingerprint density at radius 3 is 2.45 bits per heavy atom. The van der Waals surface area contributed by atoms with Crippen molar-refractivity contribution in [2.75, 3.05) is 0 Å². The molecule has 0 saturated heterocycles. The summed E-state index contributed by atoms with van der Waals surface area (Å²) in [6.45, 7) is 1.50. The number of hydrogen-bond donors (Lipinski definition) is 3. The lowest BCUT2D eigenvalue weighted by Gasteiger charge is -2.07. The summed E-state index contributed by atoms with van der Waals surface area (Å²) in [4.78, 5) is 16.9. The van der Waals surface area contributed by atoms with Crippen molar-refractivity contribution in [1.29, 1.82) is 0 Å². The van der Waals surface area contributed by atoms with Crippen molar-refractivity contribution in [2.45, 2.75) is 13.1 Å². The van der Waals surface area contributed by atoms with E-state index < -0.39 is 0 Å². The van der Waals surface area contributed by atoms with Gasteiger partial charge in [-0.3, -0.25) is 15.1 Å². The molecule has 194 valence electrons. The topological polar surface area (TPSA) is 95.2 Å². The van der Waals surface area contributed by atoms with Gasteiger partial charge in [0.1, 0.15) is 5.82 Å². The van der Waals surface area contributed by atoms with Crippen molar-refractivity contribution in [2.24, 2.45) is 0 Å². The molecule has 0 atom stereocenters. The Morgan fingerprint density at radius 2 is 1.55 bits per heavy atom. The number of benzene rings is 2. The van der Waals surface area contributed by atoms with Gasteiger partial charge in [-0.1, -0.05) is 42.5 Å². The van der Waals surface area contributed by atoms with E-state index in [4.69, 9.17) is 0 Å². The fourth-order valence-electron chi connectivity index (χ4n) is 5.02. The van der Waals surface area contributed by atoms with Crippen molar-refractivity contribution in [3.63, 3.8) is 0 Å². The first-order valence-electron chi connectivity index (χ1n) is 13.0. The summed E-state index contributed by atoms with van der Waals surface area (Å²) in [6, 6.07) is 23.1.